The van der Waals surface area contributed by atoms with E-state index in [1.165, 1.54) is 7.11 Å². The number of carbonyl (C=O) groups is 4. The molecule has 174 valence electrons. The molecule has 1 aromatic heterocycles. The van der Waals surface area contributed by atoms with Crippen molar-refractivity contribution in [2.24, 2.45) is 0 Å². The number of esters is 2. The number of hydrogen-bond acceptors (Lipinski definition) is 7. The summed E-state index contributed by atoms with van der Waals surface area (Å²) in [7, 11) is 1.33. The molecule has 0 aliphatic carbocycles. The van der Waals surface area contributed by atoms with Gasteiger partial charge in [-0.25, -0.2) is 4.79 Å². The molecule has 0 unspecified atom stereocenters. The Morgan fingerprint density at radius 2 is 1.73 bits per heavy atom. The lowest BCUT2D eigenvalue weighted by Gasteiger charge is -2.21. The van der Waals surface area contributed by atoms with Crippen LogP contribution < -0.4 is 0 Å². The van der Waals surface area contributed by atoms with Crippen LogP contribution in [0.2, 0.25) is 0 Å². The number of amides is 2. The molecule has 1 aliphatic heterocycles. The summed E-state index contributed by atoms with van der Waals surface area (Å²) in [6.45, 7) is 8.56. The lowest BCUT2D eigenvalue weighted by molar-refractivity contribution is -0.156. The zero-order valence-corrected chi connectivity index (χ0v) is 20.2. The number of carbonyl (C=O) groups excluding carboxylic acids is 4. The highest BCUT2D eigenvalue weighted by atomic mass is 32.2. The van der Waals surface area contributed by atoms with Gasteiger partial charge in [0.1, 0.15) is 12.1 Å². The number of thioether (sulfide) groups is 1. The second-order valence-corrected chi connectivity index (χ2v) is 9.55. The minimum Gasteiger partial charge on any atom is -0.465 e. The minimum atomic E-state index is -0.707. The highest BCUT2D eigenvalue weighted by Crippen LogP contribution is 2.34. The van der Waals surface area contributed by atoms with Crippen molar-refractivity contribution >= 4 is 40.9 Å². The van der Waals surface area contributed by atoms with E-state index in [2.05, 4.69) is 0 Å². The second kappa shape index (κ2) is 9.27. The van der Waals surface area contributed by atoms with Crippen molar-refractivity contribution in [3.8, 4) is 5.69 Å². The fourth-order valence-corrected chi connectivity index (χ4v) is 4.31. The molecule has 8 nitrogen and oxygen atoms in total. The molecule has 2 aromatic rings. The number of methoxy groups -OCH3 is 1. The molecule has 2 heterocycles. The van der Waals surface area contributed by atoms with Gasteiger partial charge in [0.25, 0.3) is 11.1 Å². The topological polar surface area (TPSA) is 94.9 Å². The molecule has 1 fully saturated rings. The van der Waals surface area contributed by atoms with Gasteiger partial charge in [-0.3, -0.25) is 19.3 Å². The van der Waals surface area contributed by atoms with Crippen LogP contribution in [-0.4, -0.2) is 51.8 Å². The van der Waals surface area contributed by atoms with E-state index in [4.69, 9.17) is 9.47 Å². The van der Waals surface area contributed by atoms with Crippen molar-refractivity contribution in [1.82, 2.24) is 9.47 Å². The summed E-state index contributed by atoms with van der Waals surface area (Å²) in [4.78, 5) is 50.0. The molecule has 0 saturated carbocycles. The number of ether oxygens (including phenoxy) is 2. The lowest BCUT2D eigenvalue weighted by atomic mass is 10.2. The average Bonchev–Trinajstić information content (AvgIpc) is 3.15. The van der Waals surface area contributed by atoms with Crippen molar-refractivity contribution in [1.29, 1.82) is 0 Å². The summed E-state index contributed by atoms with van der Waals surface area (Å²) in [5, 5.41) is -0.510. The monoisotopic (exact) mass is 470 g/mol. The Labute approximate surface area is 196 Å². The van der Waals surface area contributed by atoms with E-state index >= 15 is 0 Å². The highest BCUT2D eigenvalue weighted by Gasteiger charge is 2.37. The zero-order chi connectivity index (χ0) is 24.5. The summed E-state index contributed by atoms with van der Waals surface area (Å²) in [6.07, 6.45) is 1.65. The Morgan fingerprint density at radius 3 is 2.30 bits per heavy atom. The molecule has 0 spiro atoms. The van der Waals surface area contributed by atoms with Crippen molar-refractivity contribution < 1.29 is 28.7 Å². The van der Waals surface area contributed by atoms with Gasteiger partial charge >= 0.3 is 11.9 Å². The Kier molecular flexibility index (Phi) is 6.83. The molecule has 0 radical (unpaired) electrons. The van der Waals surface area contributed by atoms with Crippen LogP contribution in [0.25, 0.3) is 11.8 Å². The fourth-order valence-electron chi connectivity index (χ4n) is 3.48. The van der Waals surface area contributed by atoms with Crippen LogP contribution in [0.15, 0.2) is 35.2 Å². The Hall–Kier alpha value is -3.33. The molecular formula is C24H26N2O6S. The lowest BCUT2D eigenvalue weighted by Crippen LogP contribution is -2.37. The van der Waals surface area contributed by atoms with Crippen LogP contribution >= 0.6 is 11.8 Å². The zero-order valence-electron chi connectivity index (χ0n) is 19.4. The normalized spacial score (nSPS) is 15.3. The molecule has 33 heavy (non-hydrogen) atoms. The number of imide groups is 1. The Morgan fingerprint density at radius 1 is 1.09 bits per heavy atom. The summed E-state index contributed by atoms with van der Waals surface area (Å²) in [5.41, 5.74) is 3.13. The average molecular weight is 471 g/mol. The third-order valence-corrected chi connectivity index (χ3v) is 5.79. The molecule has 0 atom stereocenters. The quantitative estimate of drug-likeness (QED) is 0.476. The minimum absolute atomic E-state index is 0.241. The highest BCUT2D eigenvalue weighted by molar-refractivity contribution is 8.18. The van der Waals surface area contributed by atoms with Crippen LogP contribution in [0, 0.1) is 13.8 Å². The molecule has 0 bridgehead atoms. The fraction of sp³-hybridized carbons (Fsp3) is 0.333. The van der Waals surface area contributed by atoms with Crippen LogP contribution in [-0.2, 0) is 19.1 Å². The maximum Gasteiger partial charge on any atom is 0.337 e. The summed E-state index contributed by atoms with van der Waals surface area (Å²) >= 11 is 0.794. The number of aromatic nitrogens is 1. The first-order chi connectivity index (χ1) is 15.4. The summed E-state index contributed by atoms with van der Waals surface area (Å²) in [6, 6.07) is 8.89. The number of rotatable bonds is 5. The molecule has 9 heteroatoms. The maximum atomic E-state index is 12.8. The van der Waals surface area contributed by atoms with Crippen molar-refractivity contribution in [3.63, 3.8) is 0 Å². The largest absolute Gasteiger partial charge is 0.465 e. The predicted molar refractivity (Wildman–Crippen MR) is 125 cm³/mol. The molecule has 1 aromatic carbocycles. The van der Waals surface area contributed by atoms with E-state index in [1.807, 2.05) is 36.6 Å². The van der Waals surface area contributed by atoms with E-state index in [0.717, 1.165) is 39.3 Å². The molecular weight excluding hydrogens is 444 g/mol. The van der Waals surface area contributed by atoms with Gasteiger partial charge in [0.05, 0.1) is 17.6 Å². The first kappa shape index (κ1) is 24.3. The van der Waals surface area contributed by atoms with Crippen LogP contribution in [0.4, 0.5) is 4.79 Å². The van der Waals surface area contributed by atoms with Gasteiger partial charge in [0.15, 0.2) is 0 Å². The van der Waals surface area contributed by atoms with Gasteiger partial charge in [-0.2, -0.15) is 0 Å². The maximum absolute atomic E-state index is 12.8. The van der Waals surface area contributed by atoms with Crippen molar-refractivity contribution in [2.75, 3.05) is 13.7 Å². The molecule has 2 amide bonds. The molecule has 1 saturated heterocycles. The first-order valence-electron chi connectivity index (χ1n) is 10.3. The van der Waals surface area contributed by atoms with E-state index in [9.17, 15) is 19.2 Å². The third-order valence-electron chi connectivity index (χ3n) is 4.88. The molecule has 3 rings (SSSR count). The smallest absolute Gasteiger partial charge is 0.337 e. The number of aryl methyl sites for hydroxylation is 1. The predicted octanol–water partition coefficient (Wildman–Crippen LogP) is 4.26. The van der Waals surface area contributed by atoms with E-state index in [0.29, 0.717) is 5.56 Å². The van der Waals surface area contributed by atoms with Crippen LogP contribution in [0.3, 0.4) is 0 Å². The van der Waals surface area contributed by atoms with Crippen molar-refractivity contribution in [2.45, 2.75) is 40.2 Å². The van der Waals surface area contributed by atoms with Gasteiger partial charge in [0, 0.05) is 17.1 Å². The third kappa shape index (κ3) is 5.36. The van der Waals surface area contributed by atoms with E-state index < -0.39 is 35.2 Å². The van der Waals surface area contributed by atoms with Gasteiger partial charge < -0.3 is 14.0 Å². The molecule has 1 aliphatic rings. The Balaban J connectivity index is 1.84. The summed E-state index contributed by atoms with van der Waals surface area (Å²) < 4.78 is 11.9. The number of hydrogen-bond donors (Lipinski definition) is 0. The van der Waals surface area contributed by atoms with Gasteiger partial charge in [-0.05, 0) is 88.4 Å². The second-order valence-electron chi connectivity index (χ2n) is 8.55. The van der Waals surface area contributed by atoms with Crippen molar-refractivity contribution in [3.05, 3.63) is 57.8 Å². The Bertz CT molecular complexity index is 1150. The van der Waals surface area contributed by atoms with Crippen LogP contribution in [0.5, 0.6) is 0 Å². The standard InChI is InChI=1S/C24H26N2O6S/c1-14-11-17(15(2)26(14)18-9-7-16(8-10-18)22(29)31-6)12-19-21(28)25(23(30)33-19)13-20(27)32-24(3,4)5/h7-12H,13H2,1-6H3. The van der Waals surface area contributed by atoms with Crippen LogP contribution in [0.1, 0.15) is 48.1 Å². The van der Waals surface area contributed by atoms with E-state index in [1.54, 1.807) is 39.0 Å². The first-order valence-corrected chi connectivity index (χ1v) is 11.1. The summed E-state index contributed by atoms with van der Waals surface area (Å²) in [5.74, 6) is -1.58. The SMILES string of the molecule is COC(=O)c1ccc(-n2c(C)cc(C=C3SC(=O)N(CC(=O)OC(C)(C)C)C3=O)c2C)cc1. The van der Waals surface area contributed by atoms with Gasteiger partial charge in [-0.15, -0.1) is 0 Å². The van der Waals surface area contributed by atoms with Gasteiger partial charge in [-0.1, -0.05) is 0 Å². The number of benzene rings is 1. The van der Waals surface area contributed by atoms with E-state index in [-0.39, 0.29) is 4.91 Å². The molecule has 0 N–H and O–H groups in total. The van der Waals surface area contributed by atoms with Gasteiger partial charge in [0.2, 0.25) is 0 Å². The number of nitrogens with zero attached hydrogens (tertiary/aromatic N) is 2.